The van der Waals surface area contributed by atoms with Crippen LogP contribution in [0, 0.1) is 0 Å². The highest BCUT2D eigenvalue weighted by atomic mass is 19.3. The van der Waals surface area contributed by atoms with Gasteiger partial charge in [-0.15, -0.1) is 0 Å². The maximum Gasteiger partial charge on any atom is 0.387 e. The molecule has 1 aromatic carbocycles. The molecule has 0 bridgehead atoms. The van der Waals surface area contributed by atoms with Crippen LogP contribution < -0.4 is 10.1 Å². The zero-order chi connectivity index (χ0) is 20.1. The van der Waals surface area contributed by atoms with E-state index in [1.807, 2.05) is 0 Å². The van der Waals surface area contributed by atoms with E-state index in [4.69, 9.17) is 5.11 Å². The van der Waals surface area contributed by atoms with Crippen molar-refractivity contribution in [1.29, 1.82) is 0 Å². The van der Waals surface area contributed by atoms with Crippen LogP contribution >= 0.6 is 0 Å². The molecule has 2 heterocycles. The number of amides is 1. The second-order valence-electron chi connectivity index (χ2n) is 5.42. The number of carbonyl (C=O) groups excluding carboxylic acids is 1. The molecule has 0 saturated carbocycles. The third-order valence-corrected chi connectivity index (χ3v) is 3.45. The summed E-state index contributed by atoms with van der Waals surface area (Å²) in [6.07, 6.45) is 2.79. The highest BCUT2D eigenvalue weighted by molar-refractivity contribution is 5.89. The molecule has 0 saturated heterocycles. The molecule has 1 amide bonds. The summed E-state index contributed by atoms with van der Waals surface area (Å²) in [7, 11) is 0. The third kappa shape index (κ3) is 4.84. The lowest BCUT2D eigenvalue weighted by atomic mass is 10.1. The van der Waals surface area contributed by atoms with Gasteiger partial charge in [-0.25, -0.2) is 14.8 Å². The van der Waals surface area contributed by atoms with Crippen molar-refractivity contribution in [2.75, 3.05) is 5.32 Å². The van der Waals surface area contributed by atoms with Gasteiger partial charge >= 0.3 is 12.6 Å². The van der Waals surface area contributed by atoms with E-state index in [2.05, 4.69) is 25.1 Å². The Hall–Kier alpha value is -3.89. The Morgan fingerprint density at radius 2 is 1.93 bits per heavy atom. The van der Waals surface area contributed by atoms with Crippen molar-refractivity contribution in [2.24, 2.45) is 0 Å². The first-order valence-electron chi connectivity index (χ1n) is 7.85. The van der Waals surface area contributed by atoms with Crippen LogP contribution in [0.15, 0.2) is 48.8 Å². The molecule has 0 atom stereocenters. The van der Waals surface area contributed by atoms with Gasteiger partial charge in [0, 0.05) is 18.0 Å². The normalized spacial score (nSPS) is 10.7. The zero-order valence-electron chi connectivity index (χ0n) is 14.1. The van der Waals surface area contributed by atoms with Gasteiger partial charge in [-0.3, -0.25) is 14.8 Å². The number of aromatic carboxylic acids is 1. The maximum atomic E-state index is 12.2. The van der Waals surface area contributed by atoms with Crippen LogP contribution in [0.5, 0.6) is 5.75 Å². The van der Waals surface area contributed by atoms with Gasteiger partial charge in [-0.2, -0.15) is 13.9 Å². The maximum absolute atomic E-state index is 12.2. The number of rotatable bonds is 7. The van der Waals surface area contributed by atoms with Crippen molar-refractivity contribution in [2.45, 2.75) is 13.2 Å². The number of nitrogens with one attached hydrogen (secondary N) is 1. The fourth-order valence-corrected chi connectivity index (χ4v) is 2.26. The quantitative estimate of drug-likeness (QED) is 0.636. The van der Waals surface area contributed by atoms with Crippen LogP contribution in [-0.2, 0) is 11.3 Å². The average molecular weight is 389 g/mol. The second kappa shape index (κ2) is 8.20. The Bertz CT molecular complexity index is 991. The highest BCUT2D eigenvalue weighted by Gasteiger charge is 2.11. The van der Waals surface area contributed by atoms with Gasteiger partial charge in [0.25, 0.3) is 0 Å². The minimum Gasteiger partial charge on any atom is -0.476 e. The second-order valence-corrected chi connectivity index (χ2v) is 5.42. The molecule has 28 heavy (non-hydrogen) atoms. The number of halogens is 2. The molecule has 0 unspecified atom stereocenters. The molecular formula is C17H13F2N5O4. The van der Waals surface area contributed by atoms with Crippen molar-refractivity contribution in [3.63, 3.8) is 0 Å². The number of alkyl halides is 2. The summed E-state index contributed by atoms with van der Waals surface area (Å²) < 4.78 is 29.9. The molecule has 0 aliphatic rings. The molecular weight excluding hydrogens is 376 g/mol. The molecule has 3 aromatic rings. The molecule has 2 N–H and O–H groups in total. The minimum atomic E-state index is -2.91. The van der Waals surface area contributed by atoms with Crippen molar-refractivity contribution < 1.29 is 28.2 Å². The number of carboxylic acid groups (broad SMARTS) is 1. The standard InChI is InChI=1S/C17H13F2N5O4/c18-16(19)28-11-3-1-10(2-4-11)12-5-7-20-17(21-12)22-14(25)9-24-8-6-13(23-24)15(26)27/h1-8,16H,9H2,(H,26,27)(H,20,21,22,25). The van der Waals surface area contributed by atoms with Crippen LogP contribution in [0.25, 0.3) is 11.3 Å². The van der Waals surface area contributed by atoms with Gasteiger partial charge in [-0.1, -0.05) is 0 Å². The number of nitrogens with zero attached hydrogens (tertiary/aromatic N) is 4. The molecule has 0 aliphatic heterocycles. The van der Waals surface area contributed by atoms with Crippen molar-refractivity contribution in [3.05, 3.63) is 54.5 Å². The van der Waals surface area contributed by atoms with Crippen LogP contribution in [0.2, 0.25) is 0 Å². The number of hydrogen-bond donors (Lipinski definition) is 2. The van der Waals surface area contributed by atoms with Gasteiger partial charge in [0.2, 0.25) is 11.9 Å². The zero-order valence-corrected chi connectivity index (χ0v) is 14.1. The molecule has 0 spiro atoms. The van der Waals surface area contributed by atoms with E-state index in [1.54, 1.807) is 18.2 Å². The van der Waals surface area contributed by atoms with E-state index in [1.165, 1.54) is 35.3 Å². The number of benzene rings is 1. The fourth-order valence-electron chi connectivity index (χ4n) is 2.26. The highest BCUT2D eigenvalue weighted by Crippen LogP contribution is 2.22. The summed E-state index contributed by atoms with van der Waals surface area (Å²) in [5, 5.41) is 15.0. The van der Waals surface area contributed by atoms with Gasteiger partial charge in [0.1, 0.15) is 12.3 Å². The number of hydrogen-bond acceptors (Lipinski definition) is 6. The third-order valence-electron chi connectivity index (χ3n) is 3.45. The Morgan fingerprint density at radius 3 is 2.57 bits per heavy atom. The van der Waals surface area contributed by atoms with Gasteiger partial charge in [0.05, 0.1) is 5.69 Å². The molecule has 2 aromatic heterocycles. The molecule has 9 nitrogen and oxygen atoms in total. The summed E-state index contributed by atoms with van der Waals surface area (Å²) in [6, 6.07) is 8.70. The summed E-state index contributed by atoms with van der Waals surface area (Å²) in [4.78, 5) is 31.0. The van der Waals surface area contributed by atoms with Crippen LogP contribution in [-0.4, -0.2) is 43.3 Å². The molecule has 144 valence electrons. The predicted octanol–water partition coefficient (Wildman–Crippen LogP) is 2.28. The van der Waals surface area contributed by atoms with Gasteiger partial charge in [0.15, 0.2) is 5.69 Å². The lowest BCUT2D eigenvalue weighted by molar-refractivity contribution is -0.117. The van der Waals surface area contributed by atoms with Crippen LogP contribution in [0.3, 0.4) is 0 Å². The van der Waals surface area contributed by atoms with Crippen molar-refractivity contribution >= 4 is 17.8 Å². The molecule has 0 aliphatic carbocycles. The molecule has 0 fully saturated rings. The fraction of sp³-hybridized carbons (Fsp3) is 0.118. The van der Waals surface area contributed by atoms with Crippen LogP contribution in [0.4, 0.5) is 14.7 Å². The van der Waals surface area contributed by atoms with Crippen molar-refractivity contribution in [3.8, 4) is 17.0 Å². The predicted molar refractivity (Wildman–Crippen MR) is 91.9 cm³/mol. The lowest BCUT2D eigenvalue weighted by Crippen LogP contribution is -2.20. The first kappa shape index (κ1) is 18.9. The number of carboxylic acids is 1. The average Bonchev–Trinajstić information content (AvgIpc) is 3.11. The van der Waals surface area contributed by atoms with Crippen LogP contribution in [0.1, 0.15) is 10.5 Å². The number of ether oxygens (including phenoxy) is 1. The number of carbonyl (C=O) groups is 2. The smallest absolute Gasteiger partial charge is 0.387 e. The Labute approximate surface area is 156 Å². The summed E-state index contributed by atoms with van der Waals surface area (Å²) >= 11 is 0. The number of anilines is 1. The Balaban J connectivity index is 1.67. The Morgan fingerprint density at radius 1 is 1.18 bits per heavy atom. The monoisotopic (exact) mass is 389 g/mol. The first-order valence-corrected chi connectivity index (χ1v) is 7.85. The summed E-state index contributed by atoms with van der Waals surface area (Å²) in [6.45, 7) is -3.13. The molecule has 11 heteroatoms. The van der Waals surface area contributed by atoms with E-state index in [0.717, 1.165) is 0 Å². The van der Waals surface area contributed by atoms with E-state index < -0.39 is 18.5 Å². The van der Waals surface area contributed by atoms with E-state index in [9.17, 15) is 18.4 Å². The van der Waals surface area contributed by atoms with E-state index in [0.29, 0.717) is 11.3 Å². The van der Waals surface area contributed by atoms with Gasteiger partial charge < -0.3 is 9.84 Å². The van der Waals surface area contributed by atoms with E-state index >= 15 is 0 Å². The molecule has 0 radical (unpaired) electrons. The van der Waals surface area contributed by atoms with Crippen molar-refractivity contribution in [1.82, 2.24) is 19.7 Å². The minimum absolute atomic E-state index is 0.0151. The lowest BCUT2D eigenvalue weighted by Gasteiger charge is -2.07. The van der Waals surface area contributed by atoms with E-state index in [-0.39, 0.29) is 23.9 Å². The largest absolute Gasteiger partial charge is 0.476 e. The first-order chi connectivity index (χ1) is 13.4. The Kier molecular flexibility index (Phi) is 5.53. The topological polar surface area (TPSA) is 119 Å². The summed E-state index contributed by atoms with van der Waals surface area (Å²) in [5.41, 5.74) is 0.893. The SMILES string of the molecule is O=C(Cn1ccc(C(=O)O)n1)Nc1nccc(-c2ccc(OC(F)F)cc2)n1. The summed E-state index contributed by atoms with van der Waals surface area (Å²) in [5.74, 6) is -1.65. The number of aromatic nitrogens is 4. The van der Waals surface area contributed by atoms with Gasteiger partial charge in [-0.05, 0) is 36.4 Å². The molecule has 3 rings (SSSR count).